The van der Waals surface area contributed by atoms with E-state index in [1.165, 1.54) is 20.0 Å². The second-order valence-electron chi connectivity index (χ2n) is 4.77. The number of hydrogen-bond acceptors (Lipinski definition) is 4. The minimum atomic E-state index is -0.309. The largest absolute Gasteiger partial charge is 0.465 e. The van der Waals surface area contributed by atoms with Crippen molar-refractivity contribution in [3.63, 3.8) is 0 Å². The summed E-state index contributed by atoms with van der Waals surface area (Å²) in [6.45, 7) is 0. The molecule has 1 aromatic carbocycles. The smallest absolute Gasteiger partial charge is 0.337 e. The lowest BCUT2D eigenvalue weighted by Gasteiger charge is -2.30. The van der Waals surface area contributed by atoms with Gasteiger partial charge in [0.15, 0.2) is 0 Å². The number of carbonyl (C=O) groups excluding carboxylic acids is 1. The van der Waals surface area contributed by atoms with Crippen molar-refractivity contribution in [3.8, 4) is 0 Å². The Bertz CT molecular complexity index is 403. The molecule has 18 heavy (non-hydrogen) atoms. The third-order valence-electron chi connectivity index (χ3n) is 3.48. The van der Waals surface area contributed by atoms with Crippen molar-refractivity contribution in [1.82, 2.24) is 0 Å². The molecule has 1 aliphatic carbocycles. The fourth-order valence-electron chi connectivity index (χ4n) is 2.37. The molecular formula is C14H20N2O2. The highest BCUT2D eigenvalue weighted by atomic mass is 16.5. The number of nitrogens with one attached hydrogen (secondary N) is 1. The minimum Gasteiger partial charge on any atom is -0.465 e. The maximum Gasteiger partial charge on any atom is 0.337 e. The van der Waals surface area contributed by atoms with Crippen LogP contribution in [0.5, 0.6) is 0 Å². The number of nitrogens with two attached hydrogens (primary N) is 1. The van der Waals surface area contributed by atoms with Gasteiger partial charge in [0.1, 0.15) is 0 Å². The standard InChI is InChI=1S/C14H20N2O2/c1-18-14(17)10-6-8-11(9-7-10)16-13-5-3-2-4-12(13)15/h6-9,12-13,16H,2-5,15H2,1H3. The Kier molecular flexibility index (Phi) is 4.20. The lowest BCUT2D eigenvalue weighted by atomic mass is 9.91. The number of ether oxygens (including phenoxy) is 1. The lowest BCUT2D eigenvalue weighted by molar-refractivity contribution is 0.0601. The van der Waals surface area contributed by atoms with Crippen LogP contribution in [-0.4, -0.2) is 25.2 Å². The molecule has 0 heterocycles. The van der Waals surface area contributed by atoms with Crippen molar-refractivity contribution in [1.29, 1.82) is 0 Å². The lowest BCUT2D eigenvalue weighted by Crippen LogP contribution is -2.42. The van der Waals surface area contributed by atoms with E-state index >= 15 is 0 Å². The van der Waals surface area contributed by atoms with Crippen LogP contribution in [-0.2, 0) is 4.74 Å². The zero-order valence-electron chi connectivity index (χ0n) is 10.7. The molecule has 0 aliphatic heterocycles. The first-order valence-electron chi connectivity index (χ1n) is 6.41. The molecule has 0 amide bonds. The van der Waals surface area contributed by atoms with E-state index in [1.54, 1.807) is 12.1 Å². The summed E-state index contributed by atoms with van der Waals surface area (Å²) < 4.78 is 4.66. The van der Waals surface area contributed by atoms with E-state index in [9.17, 15) is 4.79 Å². The average Bonchev–Trinajstić information content (AvgIpc) is 2.41. The Morgan fingerprint density at radius 2 is 1.94 bits per heavy atom. The molecule has 98 valence electrons. The third-order valence-corrected chi connectivity index (χ3v) is 3.48. The molecule has 1 aromatic rings. The second-order valence-corrected chi connectivity index (χ2v) is 4.77. The molecule has 2 atom stereocenters. The fourth-order valence-corrected chi connectivity index (χ4v) is 2.37. The molecular weight excluding hydrogens is 228 g/mol. The highest BCUT2D eigenvalue weighted by Gasteiger charge is 2.21. The van der Waals surface area contributed by atoms with Gasteiger partial charge in [-0.15, -0.1) is 0 Å². The summed E-state index contributed by atoms with van der Waals surface area (Å²) in [5.74, 6) is -0.309. The number of anilines is 1. The maximum absolute atomic E-state index is 11.3. The van der Waals surface area contributed by atoms with Gasteiger partial charge in [0.05, 0.1) is 12.7 Å². The summed E-state index contributed by atoms with van der Waals surface area (Å²) in [6, 6.07) is 7.88. The zero-order chi connectivity index (χ0) is 13.0. The van der Waals surface area contributed by atoms with Gasteiger partial charge in [-0.1, -0.05) is 12.8 Å². The van der Waals surface area contributed by atoms with E-state index < -0.39 is 0 Å². The van der Waals surface area contributed by atoms with Gasteiger partial charge in [-0.3, -0.25) is 0 Å². The van der Waals surface area contributed by atoms with Crippen LogP contribution in [0, 0.1) is 0 Å². The van der Waals surface area contributed by atoms with Crippen LogP contribution in [0.25, 0.3) is 0 Å². The predicted molar refractivity (Wildman–Crippen MR) is 71.6 cm³/mol. The Morgan fingerprint density at radius 3 is 2.56 bits per heavy atom. The molecule has 4 nitrogen and oxygen atoms in total. The maximum atomic E-state index is 11.3. The van der Waals surface area contributed by atoms with Gasteiger partial charge in [-0.2, -0.15) is 0 Å². The van der Waals surface area contributed by atoms with Crippen molar-refractivity contribution in [2.75, 3.05) is 12.4 Å². The third kappa shape index (κ3) is 3.01. The quantitative estimate of drug-likeness (QED) is 0.804. The topological polar surface area (TPSA) is 64.3 Å². The number of hydrogen-bond donors (Lipinski definition) is 2. The first kappa shape index (κ1) is 12.9. The van der Waals surface area contributed by atoms with E-state index in [4.69, 9.17) is 5.73 Å². The van der Waals surface area contributed by atoms with Crippen LogP contribution in [0.4, 0.5) is 5.69 Å². The molecule has 2 unspecified atom stereocenters. The van der Waals surface area contributed by atoms with Crippen LogP contribution in [0.3, 0.4) is 0 Å². The number of benzene rings is 1. The van der Waals surface area contributed by atoms with Gasteiger partial charge in [0.25, 0.3) is 0 Å². The Labute approximate surface area is 108 Å². The molecule has 0 bridgehead atoms. The molecule has 0 spiro atoms. The molecule has 1 saturated carbocycles. The average molecular weight is 248 g/mol. The van der Waals surface area contributed by atoms with Crippen LogP contribution >= 0.6 is 0 Å². The molecule has 0 aromatic heterocycles. The molecule has 0 saturated heterocycles. The summed E-state index contributed by atoms with van der Waals surface area (Å²) in [5, 5.41) is 3.44. The summed E-state index contributed by atoms with van der Waals surface area (Å²) in [4.78, 5) is 11.3. The summed E-state index contributed by atoms with van der Waals surface area (Å²) in [5.41, 5.74) is 7.66. The Hall–Kier alpha value is -1.55. The molecule has 2 rings (SSSR count). The van der Waals surface area contributed by atoms with Crippen molar-refractivity contribution in [2.24, 2.45) is 5.73 Å². The minimum absolute atomic E-state index is 0.221. The van der Waals surface area contributed by atoms with Gasteiger partial charge < -0.3 is 15.8 Å². The van der Waals surface area contributed by atoms with Gasteiger partial charge in [0, 0.05) is 17.8 Å². The Morgan fingerprint density at radius 1 is 1.28 bits per heavy atom. The second kappa shape index (κ2) is 5.87. The summed E-state index contributed by atoms with van der Waals surface area (Å²) >= 11 is 0. The van der Waals surface area contributed by atoms with Crippen LogP contribution in [0.1, 0.15) is 36.0 Å². The summed E-state index contributed by atoms with van der Waals surface area (Å²) in [6.07, 6.45) is 4.64. The van der Waals surface area contributed by atoms with Gasteiger partial charge in [-0.25, -0.2) is 4.79 Å². The number of methoxy groups -OCH3 is 1. The van der Waals surface area contributed by atoms with Crippen molar-refractivity contribution in [2.45, 2.75) is 37.8 Å². The van der Waals surface area contributed by atoms with E-state index in [1.807, 2.05) is 12.1 Å². The van der Waals surface area contributed by atoms with Crippen LogP contribution in [0.2, 0.25) is 0 Å². The van der Waals surface area contributed by atoms with E-state index in [0.29, 0.717) is 11.6 Å². The number of esters is 1. The monoisotopic (exact) mass is 248 g/mol. The van der Waals surface area contributed by atoms with Crippen molar-refractivity contribution >= 4 is 11.7 Å². The number of rotatable bonds is 3. The zero-order valence-corrected chi connectivity index (χ0v) is 10.7. The van der Waals surface area contributed by atoms with Gasteiger partial charge in [-0.05, 0) is 37.1 Å². The Balaban J connectivity index is 1.99. The fraction of sp³-hybridized carbons (Fsp3) is 0.500. The first-order chi connectivity index (χ1) is 8.70. The van der Waals surface area contributed by atoms with E-state index in [0.717, 1.165) is 18.5 Å². The molecule has 4 heteroatoms. The number of carbonyl (C=O) groups is 1. The van der Waals surface area contributed by atoms with Crippen molar-refractivity contribution in [3.05, 3.63) is 29.8 Å². The van der Waals surface area contributed by atoms with Crippen LogP contribution in [0.15, 0.2) is 24.3 Å². The van der Waals surface area contributed by atoms with Gasteiger partial charge >= 0.3 is 5.97 Å². The first-order valence-corrected chi connectivity index (χ1v) is 6.41. The predicted octanol–water partition coefficient (Wildman–Crippen LogP) is 2.16. The van der Waals surface area contributed by atoms with E-state index in [-0.39, 0.29) is 12.0 Å². The molecule has 3 N–H and O–H groups in total. The highest BCUT2D eigenvalue weighted by molar-refractivity contribution is 5.89. The van der Waals surface area contributed by atoms with Gasteiger partial charge in [0.2, 0.25) is 0 Å². The van der Waals surface area contributed by atoms with Crippen LogP contribution < -0.4 is 11.1 Å². The summed E-state index contributed by atoms with van der Waals surface area (Å²) in [7, 11) is 1.38. The highest BCUT2D eigenvalue weighted by Crippen LogP contribution is 2.21. The normalized spacial score (nSPS) is 23.4. The molecule has 1 fully saturated rings. The van der Waals surface area contributed by atoms with Crippen molar-refractivity contribution < 1.29 is 9.53 Å². The SMILES string of the molecule is COC(=O)c1ccc(NC2CCCCC2N)cc1. The van der Waals surface area contributed by atoms with E-state index in [2.05, 4.69) is 10.1 Å². The molecule has 0 radical (unpaired) electrons. The molecule has 1 aliphatic rings.